The average Bonchev–Trinajstić information content (AvgIpc) is 2.98. The first-order chi connectivity index (χ1) is 9.55. The molecule has 112 valence electrons. The zero-order valence-electron chi connectivity index (χ0n) is 13.6. The Labute approximate surface area is 124 Å². The number of benzene rings is 1. The van der Waals surface area contributed by atoms with Crippen LogP contribution in [0.4, 0.5) is 0 Å². The van der Waals surface area contributed by atoms with Crippen molar-refractivity contribution in [3.63, 3.8) is 0 Å². The maximum atomic E-state index is 6.75. The Morgan fingerprint density at radius 3 is 2.20 bits per heavy atom. The van der Waals surface area contributed by atoms with Gasteiger partial charge in [-0.05, 0) is 69.3 Å². The lowest BCUT2D eigenvalue weighted by atomic mass is 9.79. The predicted molar refractivity (Wildman–Crippen MR) is 87.0 cm³/mol. The van der Waals surface area contributed by atoms with Crippen LogP contribution in [0.2, 0.25) is 0 Å². The van der Waals surface area contributed by atoms with Crippen LogP contribution in [0, 0.1) is 13.8 Å². The van der Waals surface area contributed by atoms with Gasteiger partial charge in [-0.1, -0.05) is 32.0 Å². The van der Waals surface area contributed by atoms with Gasteiger partial charge in [0, 0.05) is 11.6 Å². The minimum atomic E-state index is 0.106. The van der Waals surface area contributed by atoms with E-state index in [0.29, 0.717) is 0 Å². The lowest BCUT2D eigenvalue weighted by Crippen LogP contribution is -2.53. The third kappa shape index (κ3) is 2.64. The molecule has 1 atom stereocenters. The maximum absolute atomic E-state index is 6.75. The van der Waals surface area contributed by atoms with Crippen molar-refractivity contribution in [2.75, 3.05) is 13.1 Å². The van der Waals surface area contributed by atoms with Crippen molar-refractivity contribution in [2.24, 2.45) is 5.73 Å². The lowest BCUT2D eigenvalue weighted by Gasteiger charge is -2.45. The third-order valence-corrected chi connectivity index (χ3v) is 5.43. The summed E-state index contributed by atoms with van der Waals surface area (Å²) in [7, 11) is 0. The van der Waals surface area contributed by atoms with Gasteiger partial charge in [-0.2, -0.15) is 0 Å². The summed E-state index contributed by atoms with van der Waals surface area (Å²) < 4.78 is 0. The molecule has 2 heteroatoms. The number of rotatable bonds is 5. The summed E-state index contributed by atoms with van der Waals surface area (Å²) in [6.45, 7) is 11.4. The summed E-state index contributed by atoms with van der Waals surface area (Å²) in [6, 6.07) is 6.83. The highest BCUT2D eigenvalue weighted by Gasteiger charge is 2.40. The molecule has 2 N–H and O–H groups in total. The molecular formula is C18H30N2. The summed E-state index contributed by atoms with van der Waals surface area (Å²) in [4.78, 5) is 2.65. The van der Waals surface area contributed by atoms with Crippen molar-refractivity contribution in [3.8, 4) is 0 Å². The number of nitrogens with two attached hydrogens (primary N) is 1. The van der Waals surface area contributed by atoms with Crippen molar-refractivity contribution >= 4 is 0 Å². The highest BCUT2D eigenvalue weighted by Crippen LogP contribution is 2.38. The number of nitrogens with zero attached hydrogens (tertiary/aromatic N) is 1. The van der Waals surface area contributed by atoms with Gasteiger partial charge < -0.3 is 5.73 Å². The molecule has 1 unspecified atom stereocenters. The molecule has 1 fully saturated rings. The molecule has 20 heavy (non-hydrogen) atoms. The molecule has 0 amide bonds. The molecule has 1 aromatic rings. The van der Waals surface area contributed by atoms with E-state index in [1.165, 1.54) is 42.6 Å². The summed E-state index contributed by atoms with van der Waals surface area (Å²) >= 11 is 0. The quantitative estimate of drug-likeness (QED) is 0.880. The van der Waals surface area contributed by atoms with E-state index >= 15 is 0 Å². The summed E-state index contributed by atoms with van der Waals surface area (Å²) in [6.07, 6.45) is 4.89. The molecular weight excluding hydrogens is 244 g/mol. The fraction of sp³-hybridized carbons (Fsp3) is 0.667. The molecule has 1 heterocycles. The number of hydrogen-bond acceptors (Lipinski definition) is 2. The van der Waals surface area contributed by atoms with Gasteiger partial charge in [0.05, 0.1) is 0 Å². The second kappa shape index (κ2) is 6.28. The van der Waals surface area contributed by atoms with Crippen molar-refractivity contribution < 1.29 is 0 Å². The summed E-state index contributed by atoms with van der Waals surface area (Å²) in [5.74, 6) is 0. The van der Waals surface area contributed by atoms with Gasteiger partial charge >= 0.3 is 0 Å². The van der Waals surface area contributed by atoms with Crippen LogP contribution in [-0.2, 0) is 0 Å². The summed E-state index contributed by atoms with van der Waals surface area (Å²) in [5.41, 5.74) is 10.9. The zero-order valence-corrected chi connectivity index (χ0v) is 13.6. The van der Waals surface area contributed by atoms with Crippen LogP contribution >= 0.6 is 0 Å². The molecule has 1 saturated heterocycles. The monoisotopic (exact) mass is 274 g/mol. The smallest absolute Gasteiger partial charge is 0.0482 e. The van der Waals surface area contributed by atoms with Crippen molar-refractivity contribution in [1.29, 1.82) is 0 Å². The molecule has 0 bridgehead atoms. The average molecular weight is 274 g/mol. The Bertz CT molecular complexity index is 443. The zero-order chi connectivity index (χ0) is 14.8. The van der Waals surface area contributed by atoms with E-state index in [1.807, 2.05) is 0 Å². The van der Waals surface area contributed by atoms with E-state index in [2.05, 4.69) is 50.8 Å². The Kier molecular flexibility index (Phi) is 4.87. The molecule has 0 saturated carbocycles. The topological polar surface area (TPSA) is 29.3 Å². The largest absolute Gasteiger partial charge is 0.322 e. The highest BCUT2D eigenvalue weighted by molar-refractivity contribution is 5.33. The molecule has 1 aliphatic heterocycles. The van der Waals surface area contributed by atoms with Crippen molar-refractivity contribution in [2.45, 2.75) is 65.0 Å². The van der Waals surface area contributed by atoms with Crippen LogP contribution in [0.1, 0.15) is 62.3 Å². The van der Waals surface area contributed by atoms with E-state index in [-0.39, 0.29) is 11.6 Å². The van der Waals surface area contributed by atoms with E-state index < -0.39 is 0 Å². The minimum Gasteiger partial charge on any atom is -0.322 e. The van der Waals surface area contributed by atoms with Crippen LogP contribution < -0.4 is 5.73 Å². The Morgan fingerprint density at radius 1 is 1.10 bits per heavy atom. The number of likely N-dealkylation sites (tertiary alicyclic amines) is 1. The first-order valence-corrected chi connectivity index (χ1v) is 8.13. The fourth-order valence-electron chi connectivity index (χ4n) is 3.76. The Morgan fingerprint density at radius 2 is 1.70 bits per heavy atom. The van der Waals surface area contributed by atoms with E-state index in [4.69, 9.17) is 5.73 Å². The van der Waals surface area contributed by atoms with E-state index in [1.54, 1.807) is 0 Å². The second-order valence-electron chi connectivity index (χ2n) is 6.33. The lowest BCUT2D eigenvalue weighted by molar-refractivity contribution is 0.0766. The second-order valence-corrected chi connectivity index (χ2v) is 6.33. The van der Waals surface area contributed by atoms with E-state index in [0.717, 1.165) is 12.8 Å². The predicted octanol–water partition coefficient (Wildman–Crippen LogP) is 3.96. The Balaban J connectivity index is 2.34. The number of aryl methyl sites for hydroxylation is 2. The molecule has 0 aromatic heterocycles. The first kappa shape index (κ1) is 15.5. The molecule has 2 rings (SSSR count). The van der Waals surface area contributed by atoms with Gasteiger partial charge in [0.2, 0.25) is 0 Å². The molecule has 0 aliphatic carbocycles. The molecule has 0 radical (unpaired) electrons. The third-order valence-electron chi connectivity index (χ3n) is 5.43. The molecule has 1 aliphatic rings. The molecule has 0 spiro atoms. The highest BCUT2D eigenvalue weighted by atomic mass is 15.2. The molecule has 1 aromatic carbocycles. The van der Waals surface area contributed by atoms with Crippen LogP contribution in [0.15, 0.2) is 18.2 Å². The van der Waals surface area contributed by atoms with Gasteiger partial charge in [-0.25, -0.2) is 0 Å². The first-order valence-electron chi connectivity index (χ1n) is 8.13. The normalized spacial score (nSPS) is 18.4. The van der Waals surface area contributed by atoms with Crippen molar-refractivity contribution in [1.82, 2.24) is 4.90 Å². The van der Waals surface area contributed by atoms with Crippen LogP contribution in [-0.4, -0.2) is 23.5 Å². The van der Waals surface area contributed by atoms with Gasteiger partial charge in [0.15, 0.2) is 0 Å². The van der Waals surface area contributed by atoms with E-state index in [9.17, 15) is 0 Å². The minimum absolute atomic E-state index is 0.106. The van der Waals surface area contributed by atoms with Gasteiger partial charge in [0.1, 0.15) is 0 Å². The number of hydrogen-bond donors (Lipinski definition) is 1. The SMILES string of the molecule is CCC(CC)(C(N)c1ccc(C)c(C)c1)N1CCCC1. The van der Waals surface area contributed by atoms with Crippen LogP contribution in [0.5, 0.6) is 0 Å². The summed E-state index contributed by atoms with van der Waals surface area (Å²) in [5, 5.41) is 0. The van der Waals surface area contributed by atoms with Crippen molar-refractivity contribution in [3.05, 3.63) is 34.9 Å². The molecule has 2 nitrogen and oxygen atoms in total. The van der Waals surface area contributed by atoms with Gasteiger partial charge in [-0.15, -0.1) is 0 Å². The maximum Gasteiger partial charge on any atom is 0.0482 e. The van der Waals surface area contributed by atoms with Gasteiger partial charge in [-0.3, -0.25) is 4.90 Å². The Hall–Kier alpha value is -0.860. The fourth-order valence-corrected chi connectivity index (χ4v) is 3.76. The van der Waals surface area contributed by atoms with Crippen LogP contribution in [0.25, 0.3) is 0 Å². The van der Waals surface area contributed by atoms with Gasteiger partial charge in [0.25, 0.3) is 0 Å². The standard InChI is InChI=1S/C18H30N2/c1-5-18(6-2,20-11-7-8-12-20)17(19)16-10-9-14(3)15(4)13-16/h9-10,13,17H,5-8,11-12,19H2,1-4H3. The van der Waals surface area contributed by atoms with Crippen LogP contribution in [0.3, 0.4) is 0 Å².